The van der Waals surface area contributed by atoms with Crippen LogP contribution in [0.2, 0.25) is 0 Å². The van der Waals surface area contributed by atoms with Crippen LogP contribution >= 0.6 is 0 Å². The molecule has 2 aromatic carbocycles. The van der Waals surface area contributed by atoms with Gasteiger partial charge in [-0.05, 0) is 44.8 Å². The summed E-state index contributed by atoms with van der Waals surface area (Å²) in [5, 5.41) is 32.0. The molecule has 162 valence electrons. The standard InChI is InChI=1S/C22H23N3O6/c1-23(2)10-5-11-24-19(14-6-4-9-17(26)13-14)18(21(28)22(24)29)20(27)15-7-3-8-16(12-15)25(30)31/h3-4,6-9,12-13,19,26-27H,5,10-11H2,1-2H3/b20-18-. The molecule has 1 heterocycles. The zero-order valence-electron chi connectivity index (χ0n) is 17.2. The maximum Gasteiger partial charge on any atom is 0.295 e. The molecule has 0 bridgehead atoms. The van der Waals surface area contributed by atoms with Gasteiger partial charge in [0.15, 0.2) is 0 Å². The van der Waals surface area contributed by atoms with E-state index in [4.69, 9.17) is 0 Å². The van der Waals surface area contributed by atoms with Gasteiger partial charge in [-0.3, -0.25) is 19.7 Å². The number of likely N-dealkylation sites (tertiary alicyclic amines) is 1. The summed E-state index contributed by atoms with van der Waals surface area (Å²) in [6, 6.07) is 10.4. The topological polar surface area (TPSA) is 124 Å². The van der Waals surface area contributed by atoms with E-state index in [2.05, 4.69) is 0 Å². The molecule has 1 atom stereocenters. The van der Waals surface area contributed by atoms with Crippen molar-refractivity contribution in [3.8, 4) is 5.75 Å². The molecule has 0 aromatic heterocycles. The number of nitro benzene ring substituents is 1. The lowest BCUT2D eigenvalue weighted by Gasteiger charge is -2.26. The van der Waals surface area contributed by atoms with Gasteiger partial charge in [0.05, 0.1) is 16.5 Å². The number of carbonyl (C=O) groups is 2. The van der Waals surface area contributed by atoms with Gasteiger partial charge in [0.2, 0.25) is 0 Å². The zero-order valence-corrected chi connectivity index (χ0v) is 17.2. The van der Waals surface area contributed by atoms with Crippen LogP contribution in [0, 0.1) is 10.1 Å². The maximum atomic E-state index is 12.9. The first-order valence-electron chi connectivity index (χ1n) is 9.67. The third-order valence-electron chi connectivity index (χ3n) is 5.06. The Bertz CT molecular complexity index is 1060. The van der Waals surface area contributed by atoms with Gasteiger partial charge in [0.1, 0.15) is 11.5 Å². The molecule has 3 rings (SSSR count). The molecule has 0 saturated carbocycles. The Labute approximate surface area is 179 Å². The van der Waals surface area contributed by atoms with E-state index >= 15 is 0 Å². The van der Waals surface area contributed by atoms with Crippen molar-refractivity contribution in [3.63, 3.8) is 0 Å². The summed E-state index contributed by atoms with van der Waals surface area (Å²) in [6.45, 7) is 0.940. The minimum Gasteiger partial charge on any atom is -0.508 e. The smallest absolute Gasteiger partial charge is 0.295 e. The SMILES string of the molecule is CN(C)CCCN1C(=O)C(=O)/C(=C(\O)c2cccc([N+](=O)[O-])c2)C1c1cccc(O)c1. The van der Waals surface area contributed by atoms with Crippen LogP contribution in [0.4, 0.5) is 5.69 Å². The number of non-ortho nitro benzene ring substituents is 1. The Hall–Kier alpha value is -3.72. The fraction of sp³-hybridized carbons (Fsp3) is 0.273. The second kappa shape index (κ2) is 8.97. The number of nitro groups is 1. The molecule has 0 aliphatic carbocycles. The van der Waals surface area contributed by atoms with Gasteiger partial charge in [-0.25, -0.2) is 0 Å². The number of ketones is 1. The van der Waals surface area contributed by atoms with Gasteiger partial charge in [-0.15, -0.1) is 0 Å². The van der Waals surface area contributed by atoms with E-state index in [1.807, 2.05) is 19.0 Å². The van der Waals surface area contributed by atoms with E-state index in [-0.39, 0.29) is 29.1 Å². The molecule has 31 heavy (non-hydrogen) atoms. The number of amides is 1. The van der Waals surface area contributed by atoms with Gasteiger partial charge in [-0.1, -0.05) is 24.3 Å². The Morgan fingerprint density at radius 2 is 1.87 bits per heavy atom. The summed E-state index contributed by atoms with van der Waals surface area (Å²) in [7, 11) is 3.78. The van der Waals surface area contributed by atoms with Gasteiger partial charge in [0, 0.05) is 24.2 Å². The molecule has 1 saturated heterocycles. The quantitative estimate of drug-likeness (QED) is 0.230. The van der Waals surface area contributed by atoms with Crippen molar-refractivity contribution >= 4 is 23.1 Å². The summed E-state index contributed by atoms with van der Waals surface area (Å²) >= 11 is 0. The molecule has 2 aromatic rings. The lowest BCUT2D eigenvalue weighted by atomic mass is 9.95. The highest BCUT2D eigenvalue weighted by atomic mass is 16.6. The van der Waals surface area contributed by atoms with Crippen LogP contribution in [-0.2, 0) is 9.59 Å². The van der Waals surface area contributed by atoms with Gasteiger partial charge < -0.3 is 20.0 Å². The zero-order chi connectivity index (χ0) is 22.7. The molecule has 2 N–H and O–H groups in total. The number of carbonyl (C=O) groups excluding carboxylic acids is 2. The summed E-state index contributed by atoms with van der Waals surface area (Å²) in [5.74, 6) is -2.18. The van der Waals surface area contributed by atoms with Crippen LogP contribution in [0.1, 0.15) is 23.6 Å². The van der Waals surface area contributed by atoms with Gasteiger partial charge in [-0.2, -0.15) is 0 Å². The number of hydrogen-bond acceptors (Lipinski definition) is 7. The van der Waals surface area contributed by atoms with Crippen molar-refractivity contribution in [2.45, 2.75) is 12.5 Å². The Morgan fingerprint density at radius 3 is 2.52 bits per heavy atom. The second-order valence-electron chi connectivity index (χ2n) is 7.55. The van der Waals surface area contributed by atoms with E-state index in [1.165, 1.54) is 35.2 Å². The molecule has 0 spiro atoms. The molecule has 9 heteroatoms. The number of aliphatic hydroxyl groups excluding tert-OH is 1. The van der Waals surface area contributed by atoms with Crippen LogP contribution < -0.4 is 0 Å². The molecule has 1 aliphatic rings. The summed E-state index contributed by atoms with van der Waals surface area (Å²) in [6.07, 6.45) is 0.589. The lowest BCUT2D eigenvalue weighted by Crippen LogP contribution is -2.32. The number of hydrogen-bond donors (Lipinski definition) is 2. The third kappa shape index (κ3) is 4.56. The highest BCUT2D eigenvalue weighted by Gasteiger charge is 2.45. The number of aromatic hydroxyl groups is 1. The summed E-state index contributed by atoms with van der Waals surface area (Å²) < 4.78 is 0. The van der Waals surface area contributed by atoms with Crippen molar-refractivity contribution in [3.05, 3.63) is 75.3 Å². The van der Waals surface area contributed by atoms with Crippen LogP contribution in [0.5, 0.6) is 5.75 Å². The first-order valence-corrected chi connectivity index (χ1v) is 9.67. The predicted molar refractivity (Wildman–Crippen MR) is 113 cm³/mol. The highest BCUT2D eigenvalue weighted by molar-refractivity contribution is 6.46. The first kappa shape index (κ1) is 22.0. The Kier molecular flexibility index (Phi) is 6.36. The molecular weight excluding hydrogens is 402 g/mol. The van der Waals surface area contributed by atoms with E-state index in [1.54, 1.807) is 12.1 Å². The number of aliphatic hydroxyl groups is 1. The minimum atomic E-state index is -0.923. The van der Waals surface area contributed by atoms with Crippen LogP contribution in [0.25, 0.3) is 5.76 Å². The minimum absolute atomic E-state index is 0.0493. The number of Topliss-reactive ketones (excluding diaryl/α,β-unsaturated/α-hetero) is 1. The number of benzene rings is 2. The number of rotatable bonds is 7. The predicted octanol–water partition coefficient (Wildman–Crippen LogP) is 2.67. The lowest BCUT2D eigenvalue weighted by molar-refractivity contribution is -0.384. The number of phenolic OH excluding ortho intramolecular Hbond substituents is 1. The van der Waals surface area contributed by atoms with Crippen molar-refractivity contribution in [1.29, 1.82) is 0 Å². The summed E-state index contributed by atoms with van der Waals surface area (Å²) in [5.41, 5.74) is 0.0980. The molecule has 1 aliphatic heterocycles. The maximum absolute atomic E-state index is 12.9. The van der Waals surface area contributed by atoms with Crippen molar-refractivity contribution < 1.29 is 24.7 Å². The normalized spacial score (nSPS) is 18.0. The second-order valence-corrected chi connectivity index (χ2v) is 7.55. The fourth-order valence-electron chi connectivity index (χ4n) is 3.63. The fourth-order valence-corrected chi connectivity index (χ4v) is 3.63. The molecule has 1 unspecified atom stereocenters. The van der Waals surface area contributed by atoms with Crippen molar-refractivity contribution in [2.75, 3.05) is 27.2 Å². The molecular formula is C22H23N3O6. The van der Waals surface area contributed by atoms with E-state index < -0.39 is 28.4 Å². The van der Waals surface area contributed by atoms with Crippen LogP contribution in [-0.4, -0.2) is 63.8 Å². The number of nitrogens with zero attached hydrogens (tertiary/aromatic N) is 3. The van der Waals surface area contributed by atoms with Crippen LogP contribution in [0.3, 0.4) is 0 Å². The van der Waals surface area contributed by atoms with Gasteiger partial charge in [0.25, 0.3) is 17.4 Å². The largest absolute Gasteiger partial charge is 0.508 e. The first-order chi connectivity index (χ1) is 14.7. The molecule has 1 amide bonds. The van der Waals surface area contributed by atoms with Crippen LogP contribution in [0.15, 0.2) is 54.1 Å². The highest BCUT2D eigenvalue weighted by Crippen LogP contribution is 2.40. The third-order valence-corrected chi connectivity index (χ3v) is 5.06. The average Bonchev–Trinajstić information content (AvgIpc) is 2.98. The van der Waals surface area contributed by atoms with Gasteiger partial charge >= 0.3 is 0 Å². The van der Waals surface area contributed by atoms with E-state index in [9.17, 15) is 29.9 Å². The molecule has 1 fully saturated rings. The van der Waals surface area contributed by atoms with E-state index in [0.29, 0.717) is 18.5 Å². The monoisotopic (exact) mass is 425 g/mol. The number of phenols is 1. The Morgan fingerprint density at radius 1 is 1.16 bits per heavy atom. The Balaban J connectivity index is 2.12. The van der Waals surface area contributed by atoms with E-state index in [0.717, 1.165) is 6.07 Å². The molecule has 9 nitrogen and oxygen atoms in total. The average molecular weight is 425 g/mol. The summed E-state index contributed by atoms with van der Waals surface area (Å²) in [4.78, 5) is 39.5. The van der Waals surface area contributed by atoms with Crippen molar-refractivity contribution in [1.82, 2.24) is 9.80 Å². The molecule has 0 radical (unpaired) electrons. The van der Waals surface area contributed by atoms with Crippen molar-refractivity contribution in [2.24, 2.45) is 0 Å².